The summed E-state index contributed by atoms with van der Waals surface area (Å²) in [6.07, 6.45) is -10.0. The maximum absolute atomic E-state index is 13.1. The molecule has 2 aromatic rings. The standard InChI is InChI=1S/C25H26F6N4O4/c26-24(27,28)17-9-18(25(29,30)31)11-19(10-17)32-23(38)35-13-20(14-35)34-7-5-33(6-8-34)12-16-3-1-2-4-21(16)39-15-22(36)37/h1-4,9-11,20H,5-8,12-15H2,(H,32,38)(H,36,37). The Morgan fingerprint density at radius 1 is 0.923 bits per heavy atom. The first kappa shape index (κ1) is 28.5. The van der Waals surface area contributed by atoms with Crippen molar-refractivity contribution in [3.05, 3.63) is 59.2 Å². The lowest BCUT2D eigenvalue weighted by Crippen LogP contribution is -2.64. The number of benzene rings is 2. The zero-order chi connectivity index (χ0) is 28.4. The Hall–Kier alpha value is -3.52. The minimum Gasteiger partial charge on any atom is -0.482 e. The monoisotopic (exact) mass is 560 g/mol. The smallest absolute Gasteiger partial charge is 0.416 e. The van der Waals surface area contributed by atoms with E-state index in [4.69, 9.17) is 9.84 Å². The summed E-state index contributed by atoms with van der Waals surface area (Å²) in [6, 6.07) is 7.42. The van der Waals surface area contributed by atoms with Crippen LogP contribution in [0.3, 0.4) is 0 Å². The normalized spacial score (nSPS) is 17.5. The summed E-state index contributed by atoms with van der Waals surface area (Å²) in [5.41, 5.74) is -2.71. The Morgan fingerprint density at radius 3 is 2.08 bits per heavy atom. The van der Waals surface area contributed by atoms with Gasteiger partial charge in [0.2, 0.25) is 0 Å². The number of rotatable bonds is 7. The fraction of sp³-hybridized carbons (Fsp3) is 0.440. The van der Waals surface area contributed by atoms with Gasteiger partial charge in [-0.15, -0.1) is 0 Å². The molecule has 0 unspecified atom stereocenters. The van der Waals surface area contributed by atoms with E-state index in [0.29, 0.717) is 63.7 Å². The number of para-hydroxylation sites is 1. The summed E-state index contributed by atoms with van der Waals surface area (Å²) in [6.45, 7) is 3.53. The molecule has 0 bridgehead atoms. The number of carboxylic acids is 1. The fourth-order valence-electron chi connectivity index (χ4n) is 4.52. The molecular formula is C25H26F6N4O4. The van der Waals surface area contributed by atoms with Crippen molar-refractivity contribution in [3.8, 4) is 5.75 Å². The predicted molar refractivity (Wildman–Crippen MR) is 127 cm³/mol. The number of urea groups is 1. The summed E-state index contributed by atoms with van der Waals surface area (Å²) >= 11 is 0. The lowest BCUT2D eigenvalue weighted by Gasteiger charge is -2.48. The maximum atomic E-state index is 13.1. The Kier molecular flexibility index (Phi) is 8.25. The fourth-order valence-corrected chi connectivity index (χ4v) is 4.52. The van der Waals surface area contributed by atoms with Gasteiger partial charge in [0.15, 0.2) is 6.61 Å². The highest BCUT2D eigenvalue weighted by atomic mass is 19.4. The van der Waals surface area contributed by atoms with Crippen LogP contribution in [0.2, 0.25) is 0 Å². The molecule has 0 radical (unpaired) electrons. The van der Waals surface area contributed by atoms with Gasteiger partial charge in [0.05, 0.1) is 11.1 Å². The largest absolute Gasteiger partial charge is 0.482 e. The van der Waals surface area contributed by atoms with Crippen molar-refractivity contribution in [3.63, 3.8) is 0 Å². The summed E-state index contributed by atoms with van der Waals surface area (Å²) in [5.74, 6) is -0.561. The number of alkyl halides is 6. The second-order valence-electron chi connectivity index (χ2n) is 9.39. The Bertz CT molecular complexity index is 1160. The summed E-state index contributed by atoms with van der Waals surface area (Å²) in [7, 11) is 0. The van der Waals surface area contributed by atoms with Crippen molar-refractivity contribution >= 4 is 17.7 Å². The number of nitrogens with zero attached hydrogens (tertiary/aromatic N) is 3. The third-order valence-corrected chi connectivity index (χ3v) is 6.63. The number of anilines is 1. The van der Waals surface area contributed by atoms with Gasteiger partial charge >= 0.3 is 24.4 Å². The number of nitrogens with one attached hydrogen (secondary N) is 1. The first-order valence-corrected chi connectivity index (χ1v) is 12.0. The third-order valence-electron chi connectivity index (χ3n) is 6.63. The topological polar surface area (TPSA) is 85.4 Å². The highest BCUT2D eigenvalue weighted by Gasteiger charge is 2.39. The van der Waals surface area contributed by atoms with Gasteiger partial charge in [-0.25, -0.2) is 9.59 Å². The number of amides is 2. The lowest BCUT2D eigenvalue weighted by atomic mass is 10.1. The summed E-state index contributed by atoms with van der Waals surface area (Å²) in [5, 5.41) is 11.0. The van der Waals surface area contributed by atoms with Crippen LogP contribution >= 0.6 is 0 Å². The van der Waals surface area contributed by atoms with Gasteiger partial charge in [0.25, 0.3) is 0 Å². The van der Waals surface area contributed by atoms with E-state index in [2.05, 4.69) is 15.1 Å². The molecule has 0 spiro atoms. The minimum absolute atomic E-state index is 0.0106. The van der Waals surface area contributed by atoms with Crippen LogP contribution in [0.15, 0.2) is 42.5 Å². The van der Waals surface area contributed by atoms with Crippen LogP contribution in [-0.4, -0.2) is 83.7 Å². The molecule has 0 aliphatic carbocycles. The molecule has 4 rings (SSSR count). The number of hydrogen-bond donors (Lipinski definition) is 2. The maximum Gasteiger partial charge on any atom is 0.416 e. The quantitative estimate of drug-likeness (QED) is 0.494. The molecule has 39 heavy (non-hydrogen) atoms. The molecule has 2 aromatic carbocycles. The number of carboxylic acid groups (broad SMARTS) is 1. The Balaban J connectivity index is 1.27. The molecule has 2 aliphatic rings. The van der Waals surface area contributed by atoms with Crippen molar-refractivity contribution in [1.82, 2.24) is 14.7 Å². The molecule has 2 aliphatic heterocycles. The van der Waals surface area contributed by atoms with E-state index < -0.39 is 47.8 Å². The van der Waals surface area contributed by atoms with Gasteiger partial charge in [-0.3, -0.25) is 9.80 Å². The molecule has 2 heterocycles. The van der Waals surface area contributed by atoms with Crippen LogP contribution in [0.5, 0.6) is 5.75 Å². The Morgan fingerprint density at radius 2 is 1.51 bits per heavy atom. The molecule has 2 fully saturated rings. The first-order valence-electron chi connectivity index (χ1n) is 12.0. The van der Waals surface area contributed by atoms with Crippen LogP contribution in [0.4, 0.5) is 36.8 Å². The van der Waals surface area contributed by atoms with Crippen molar-refractivity contribution < 1.29 is 45.8 Å². The number of ether oxygens (including phenoxy) is 1. The van der Waals surface area contributed by atoms with Crippen LogP contribution in [0.25, 0.3) is 0 Å². The van der Waals surface area contributed by atoms with Gasteiger partial charge in [0, 0.05) is 63.1 Å². The van der Waals surface area contributed by atoms with E-state index in [1.54, 1.807) is 12.1 Å². The second kappa shape index (κ2) is 11.3. The Labute approximate surface area is 219 Å². The first-order chi connectivity index (χ1) is 18.3. The number of hydrogen-bond acceptors (Lipinski definition) is 5. The van der Waals surface area contributed by atoms with E-state index in [0.717, 1.165) is 5.56 Å². The van der Waals surface area contributed by atoms with Crippen LogP contribution in [0.1, 0.15) is 16.7 Å². The molecule has 2 saturated heterocycles. The summed E-state index contributed by atoms with van der Waals surface area (Å²) in [4.78, 5) is 29.0. The van der Waals surface area contributed by atoms with Crippen molar-refractivity contribution in [1.29, 1.82) is 0 Å². The number of aliphatic carboxylic acids is 1. The highest BCUT2D eigenvalue weighted by Crippen LogP contribution is 2.37. The molecule has 212 valence electrons. The van der Waals surface area contributed by atoms with E-state index in [1.807, 2.05) is 12.1 Å². The number of carbonyl (C=O) groups is 2. The minimum atomic E-state index is -5.00. The molecule has 0 saturated carbocycles. The van der Waals surface area contributed by atoms with Gasteiger partial charge in [-0.05, 0) is 24.3 Å². The second-order valence-corrected chi connectivity index (χ2v) is 9.39. The van der Waals surface area contributed by atoms with Gasteiger partial charge in [0.1, 0.15) is 5.75 Å². The van der Waals surface area contributed by atoms with Crippen molar-refractivity contribution in [2.45, 2.75) is 24.9 Å². The molecule has 2 amide bonds. The van der Waals surface area contributed by atoms with E-state index >= 15 is 0 Å². The molecule has 8 nitrogen and oxygen atoms in total. The predicted octanol–water partition coefficient (Wildman–Crippen LogP) is 4.22. The molecule has 0 aromatic heterocycles. The lowest BCUT2D eigenvalue weighted by molar-refractivity contribution is -0.143. The molecular weight excluding hydrogens is 534 g/mol. The number of halogens is 6. The number of carbonyl (C=O) groups excluding carboxylic acids is 1. The number of piperazine rings is 1. The van der Waals surface area contributed by atoms with Gasteiger partial charge < -0.3 is 20.1 Å². The van der Waals surface area contributed by atoms with Gasteiger partial charge in [-0.2, -0.15) is 26.3 Å². The van der Waals surface area contributed by atoms with Crippen molar-refractivity contribution in [2.75, 3.05) is 51.2 Å². The SMILES string of the molecule is O=C(O)COc1ccccc1CN1CCN(C2CN(C(=O)Nc3cc(C(F)(F)F)cc(C(F)(F)F)c3)C2)CC1. The van der Waals surface area contributed by atoms with Crippen molar-refractivity contribution in [2.24, 2.45) is 0 Å². The molecule has 0 atom stereocenters. The average molecular weight is 560 g/mol. The van der Waals surface area contributed by atoms with Crippen LogP contribution in [0, 0.1) is 0 Å². The van der Waals surface area contributed by atoms with E-state index in [1.165, 1.54) is 4.90 Å². The van der Waals surface area contributed by atoms with Crippen LogP contribution < -0.4 is 10.1 Å². The molecule has 2 N–H and O–H groups in total. The molecule has 14 heteroatoms. The average Bonchev–Trinajstić information content (AvgIpc) is 2.82. The van der Waals surface area contributed by atoms with Gasteiger partial charge in [-0.1, -0.05) is 18.2 Å². The third kappa shape index (κ3) is 7.32. The zero-order valence-corrected chi connectivity index (χ0v) is 20.6. The highest BCUT2D eigenvalue weighted by molar-refractivity contribution is 5.90. The summed E-state index contributed by atoms with van der Waals surface area (Å²) < 4.78 is 83.8. The number of likely N-dealkylation sites (tertiary alicyclic amines) is 1. The van der Waals surface area contributed by atoms with E-state index in [-0.39, 0.29) is 12.1 Å². The van der Waals surface area contributed by atoms with Crippen LogP contribution in [-0.2, 0) is 23.7 Å². The van der Waals surface area contributed by atoms with E-state index in [9.17, 15) is 35.9 Å². The zero-order valence-electron chi connectivity index (χ0n) is 20.6.